The Bertz CT molecular complexity index is 830. The Morgan fingerprint density at radius 3 is 2.68 bits per heavy atom. The molecule has 2 aromatic rings. The van der Waals surface area contributed by atoms with Crippen molar-refractivity contribution < 1.29 is 14.3 Å². The zero-order chi connectivity index (χ0) is 20.1. The van der Waals surface area contributed by atoms with Crippen LogP contribution in [0.2, 0.25) is 0 Å². The summed E-state index contributed by atoms with van der Waals surface area (Å²) in [5, 5.41) is 0. The van der Waals surface area contributed by atoms with Crippen LogP contribution in [0.15, 0.2) is 42.6 Å². The molecule has 1 unspecified atom stereocenters. The molecule has 0 bridgehead atoms. The number of carbonyl (C=O) groups excluding carboxylic acids is 2. The molecule has 5 nitrogen and oxygen atoms in total. The Kier molecular flexibility index (Phi) is 6.45. The number of ketones is 1. The SMILES string of the molecule is COc1ccccc1-c1ccc(C(=O)N2CCCC(C(=O)CC(C)C)C2)cn1. The molecule has 1 amide bonds. The Labute approximate surface area is 166 Å². The van der Waals surface area contributed by atoms with Crippen LogP contribution in [0.25, 0.3) is 11.3 Å². The number of Topliss-reactive ketones (excluding diaryl/α,β-unsaturated/α-hetero) is 1. The molecule has 1 atom stereocenters. The first-order valence-electron chi connectivity index (χ1n) is 9.91. The Hall–Kier alpha value is -2.69. The highest BCUT2D eigenvalue weighted by Crippen LogP contribution is 2.28. The summed E-state index contributed by atoms with van der Waals surface area (Å²) in [6, 6.07) is 11.3. The number of rotatable bonds is 6. The molecule has 0 N–H and O–H groups in total. The van der Waals surface area contributed by atoms with E-state index in [-0.39, 0.29) is 17.6 Å². The summed E-state index contributed by atoms with van der Waals surface area (Å²) in [6.45, 7) is 5.31. The molecule has 0 spiro atoms. The van der Waals surface area contributed by atoms with Gasteiger partial charge in [0.15, 0.2) is 0 Å². The fourth-order valence-corrected chi connectivity index (χ4v) is 3.71. The topological polar surface area (TPSA) is 59.5 Å². The molecule has 1 fully saturated rings. The molecule has 1 aromatic heterocycles. The zero-order valence-electron chi connectivity index (χ0n) is 16.9. The highest BCUT2D eigenvalue weighted by Gasteiger charge is 2.29. The maximum absolute atomic E-state index is 12.9. The third-order valence-electron chi connectivity index (χ3n) is 5.17. The highest BCUT2D eigenvalue weighted by molar-refractivity contribution is 5.95. The van der Waals surface area contributed by atoms with Gasteiger partial charge in [-0.1, -0.05) is 26.0 Å². The lowest BCUT2D eigenvalue weighted by Crippen LogP contribution is -2.42. The molecule has 2 heterocycles. The van der Waals surface area contributed by atoms with Gasteiger partial charge in [-0.3, -0.25) is 14.6 Å². The molecule has 0 aliphatic carbocycles. The number of methoxy groups -OCH3 is 1. The number of piperidine rings is 1. The van der Waals surface area contributed by atoms with Gasteiger partial charge in [-0.15, -0.1) is 0 Å². The van der Waals surface area contributed by atoms with E-state index >= 15 is 0 Å². The lowest BCUT2D eigenvalue weighted by Gasteiger charge is -2.32. The van der Waals surface area contributed by atoms with Crippen LogP contribution in [0.4, 0.5) is 0 Å². The molecular weight excluding hydrogens is 352 g/mol. The van der Waals surface area contributed by atoms with Crippen molar-refractivity contribution in [2.24, 2.45) is 11.8 Å². The van der Waals surface area contributed by atoms with Gasteiger partial charge in [0.05, 0.1) is 18.4 Å². The van der Waals surface area contributed by atoms with Gasteiger partial charge in [0, 0.05) is 37.2 Å². The van der Waals surface area contributed by atoms with Gasteiger partial charge in [0.1, 0.15) is 11.5 Å². The molecular formula is C23H28N2O3. The summed E-state index contributed by atoms with van der Waals surface area (Å²) in [5.74, 6) is 1.28. The number of para-hydroxylation sites is 1. The number of nitrogens with zero attached hydrogens (tertiary/aromatic N) is 2. The maximum Gasteiger partial charge on any atom is 0.255 e. The average molecular weight is 380 g/mol. The summed E-state index contributed by atoms with van der Waals surface area (Å²) < 4.78 is 5.39. The molecule has 1 aliphatic heterocycles. The third-order valence-corrected chi connectivity index (χ3v) is 5.17. The first-order valence-corrected chi connectivity index (χ1v) is 9.91. The van der Waals surface area contributed by atoms with Gasteiger partial charge < -0.3 is 9.64 Å². The summed E-state index contributed by atoms with van der Waals surface area (Å²) in [7, 11) is 1.63. The fraction of sp³-hybridized carbons (Fsp3) is 0.435. The number of likely N-dealkylation sites (tertiary alicyclic amines) is 1. The molecule has 0 saturated carbocycles. The first-order chi connectivity index (χ1) is 13.5. The van der Waals surface area contributed by atoms with Crippen LogP contribution in [0, 0.1) is 11.8 Å². The predicted octanol–water partition coefficient (Wildman–Crippen LogP) is 4.22. The summed E-state index contributed by atoms with van der Waals surface area (Å²) in [4.78, 5) is 31.6. The predicted molar refractivity (Wildman–Crippen MR) is 109 cm³/mol. The second-order valence-corrected chi connectivity index (χ2v) is 7.79. The number of ether oxygens (including phenoxy) is 1. The van der Waals surface area contributed by atoms with E-state index in [1.165, 1.54) is 0 Å². The van der Waals surface area contributed by atoms with Crippen molar-refractivity contribution in [3.63, 3.8) is 0 Å². The van der Waals surface area contributed by atoms with Crippen LogP contribution in [0.3, 0.4) is 0 Å². The van der Waals surface area contributed by atoms with Crippen molar-refractivity contribution in [2.75, 3.05) is 20.2 Å². The molecule has 148 valence electrons. The van der Waals surface area contributed by atoms with Crippen molar-refractivity contribution in [2.45, 2.75) is 33.1 Å². The second-order valence-electron chi connectivity index (χ2n) is 7.79. The smallest absolute Gasteiger partial charge is 0.255 e. The molecule has 1 saturated heterocycles. The molecule has 3 rings (SSSR count). The average Bonchev–Trinajstić information content (AvgIpc) is 2.73. The quantitative estimate of drug-likeness (QED) is 0.753. The zero-order valence-corrected chi connectivity index (χ0v) is 16.9. The van der Waals surface area contributed by atoms with Crippen LogP contribution in [-0.4, -0.2) is 41.8 Å². The third kappa shape index (κ3) is 4.58. The van der Waals surface area contributed by atoms with E-state index < -0.39 is 0 Å². The van der Waals surface area contributed by atoms with E-state index in [4.69, 9.17) is 4.74 Å². The van der Waals surface area contributed by atoms with Crippen LogP contribution >= 0.6 is 0 Å². The Balaban J connectivity index is 1.71. The summed E-state index contributed by atoms with van der Waals surface area (Å²) >= 11 is 0. The van der Waals surface area contributed by atoms with Crippen molar-refractivity contribution >= 4 is 11.7 Å². The number of hydrogen-bond donors (Lipinski definition) is 0. The summed E-state index contributed by atoms with van der Waals surface area (Å²) in [6.07, 6.45) is 3.94. The largest absolute Gasteiger partial charge is 0.496 e. The van der Waals surface area contributed by atoms with E-state index in [9.17, 15) is 9.59 Å². The maximum atomic E-state index is 12.9. The minimum Gasteiger partial charge on any atom is -0.496 e. The number of amides is 1. The molecule has 5 heteroatoms. The number of benzene rings is 1. The lowest BCUT2D eigenvalue weighted by molar-refractivity contribution is -0.124. The minimum atomic E-state index is -0.0545. The Morgan fingerprint density at radius 1 is 1.21 bits per heavy atom. The van der Waals surface area contributed by atoms with Gasteiger partial charge in [-0.2, -0.15) is 0 Å². The molecule has 1 aromatic carbocycles. The van der Waals surface area contributed by atoms with Gasteiger partial charge in [-0.25, -0.2) is 0 Å². The van der Waals surface area contributed by atoms with Gasteiger partial charge in [0.25, 0.3) is 5.91 Å². The van der Waals surface area contributed by atoms with Crippen LogP contribution in [-0.2, 0) is 4.79 Å². The van der Waals surface area contributed by atoms with Crippen molar-refractivity contribution in [1.82, 2.24) is 9.88 Å². The van der Waals surface area contributed by atoms with E-state index in [1.54, 1.807) is 24.3 Å². The van der Waals surface area contributed by atoms with Crippen molar-refractivity contribution in [3.8, 4) is 17.0 Å². The molecule has 0 radical (unpaired) electrons. The number of hydrogen-bond acceptors (Lipinski definition) is 4. The lowest BCUT2D eigenvalue weighted by atomic mass is 9.89. The number of pyridine rings is 1. The Morgan fingerprint density at radius 2 is 2.00 bits per heavy atom. The van der Waals surface area contributed by atoms with Crippen molar-refractivity contribution in [3.05, 3.63) is 48.2 Å². The molecule has 28 heavy (non-hydrogen) atoms. The number of aromatic nitrogens is 1. The van der Waals surface area contributed by atoms with Crippen LogP contribution < -0.4 is 4.74 Å². The van der Waals surface area contributed by atoms with E-state index in [0.29, 0.717) is 31.0 Å². The van der Waals surface area contributed by atoms with Crippen LogP contribution in [0.5, 0.6) is 5.75 Å². The normalized spacial score (nSPS) is 16.9. The van der Waals surface area contributed by atoms with E-state index in [2.05, 4.69) is 18.8 Å². The van der Waals surface area contributed by atoms with Gasteiger partial charge in [-0.05, 0) is 43.0 Å². The monoisotopic (exact) mass is 380 g/mol. The van der Waals surface area contributed by atoms with Gasteiger partial charge in [0.2, 0.25) is 0 Å². The molecule has 1 aliphatic rings. The second kappa shape index (κ2) is 9.00. The standard InChI is InChI=1S/C23H28N2O3/c1-16(2)13-21(26)18-7-6-12-25(15-18)23(27)17-10-11-20(24-14-17)19-8-4-5-9-22(19)28-3/h4-5,8-11,14,16,18H,6-7,12-13,15H2,1-3H3. The summed E-state index contributed by atoms with van der Waals surface area (Å²) in [5.41, 5.74) is 2.20. The van der Waals surface area contributed by atoms with E-state index in [1.807, 2.05) is 30.3 Å². The fourth-order valence-electron chi connectivity index (χ4n) is 3.71. The first kappa shape index (κ1) is 20.1. The number of carbonyl (C=O) groups is 2. The van der Waals surface area contributed by atoms with E-state index in [0.717, 1.165) is 29.8 Å². The van der Waals surface area contributed by atoms with Gasteiger partial charge >= 0.3 is 0 Å². The highest BCUT2D eigenvalue weighted by atomic mass is 16.5. The minimum absolute atomic E-state index is 0.0408. The van der Waals surface area contributed by atoms with Crippen molar-refractivity contribution in [1.29, 1.82) is 0 Å². The van der Waals surface area contributed by atoms with Crippen LogP contribution in [0.1, 0.15) is 43.5 Å².